The van der Waals surface area contributed by atoms with Crippen LogP contribution in [0.5, 0.6) is 0 Å². The van der Waals surface area contributed by atoms with Gasteiger partial charge in [0.25, 0.3) is 5.56 Å². The van der Waals surface area contributed by atoms with E-state index in [0.29, 0.717) is 24.9 Å². The molecule has 23 heavy (non-hydrogen) atoms. The van der Waals surface area contributed by atoms with Crippen molar-refractivity contribution >= 4 is 5.82 Å². The highest BCUT2D eigenvalue weighted by molar-refractivity contribution is 5.51. The van der Waals surface area contributed by atoms with Crippen molar-refractivity contribution in [3.63, 3.8) is 0 Å². The molecule has 0 saturated carbocycles. The van der Waals surface area contributed by atoms with Gasteiger partial charge in [0.05, 0.1) is 6.61 Å². The first-order valence-electron chi connectivity index (χ1n) is 7.64. The molecule has 8 nitrogen and oxygen atoms in total. The summed E-state index contributed by atoms with van der Waals surface area (Å²) in [4.78, 5) is 26.3. The van der Waals surface area contributed by atoms with E-state index in [1.165, 1.54) is 11.6 Å². The molecule has 1 aromatic rings. The van der Waals surface area contributed by atoms with E-state index < -0.39 is 11.2 Å². The third-order valence-electron chi connectivity index (χ3n) is 4.32. The van der Waals surface area contributed by atoms with E-state index in [4.69, 9.17) is 4.74 Å². The normalized spacial score (nSPS) is 18.1. The number of nitrogens with one attached hydrogen (secondary N) is 1. The molecule has 0 spiro atoms. The van der Waals surface area contributed by atoms with Crippen molar-refractivity contribution in [2.24, 2.45) is 20.0 Å². The maximum absolute atomic E-state index is 12.0. The Morgan fingerprint density at radius 3 is 2.74 bits per heavy atom. The van der Waals surface area contributed by atoms with Gasteiger partial charge in [0.1, 0.15) is 11.9 Å². The van der Waals surface area contributed by atoms with E-state index in [1.54, 1.807) is 14.2 Å². The molecule has 1 N–H and O–H groups in total. The summed E-state index contributed by atoms with van der Waals surface area (Å²) < 4.78 is 7.35. The summed E-state index contributed by atoms with van der Waals surface area (Å²) in [6.07, 6.45) is 1.04. The lowest BCUT2D eigenvalue weighted by Gasteiger charge is -2.18. The number of hydrogen-bond acceptors (Lipinski definition) is 6. The first-order valence-corrected chi connectivity index (χ1v) is 7.64. The predicted octanol–water partition coefficient (Wildman–Crippen LogP) is -0.664. The maximum Gasteiger partial charge on any atom is 0.332 e. The zero-order valence-electron chi connectivity index (χ0n) is 13.8. The number of aromatic nitrogens is 2. The van der Waals surface area contributed by atoms with E-state index in [2.05, 4.69) is 10.2 Å². The quantitative estimate of drug-likeness (QED) is 0.747. The number of ether oxygens (including phenoxy) is 1. The Kier molecular flexibility index (Phi) is 5.58. The largest absolute Gasteiger partial charge is 0.383 e. The van der Waals surface area contributed by atoms with Gasteiger partial charge in [0.2, 0.25) is 0 Å². The summed E-state index contributed by atoms with van der Waals surface area (Å²) in [7, 11) is 4.62. The molecule has 1 saturated heterocycles. The van der Waals surface area contributed by atoms with Crippen LogP contribution in [-0.4, -0.2) is 53.9 Å². The molecule has 2 rings (SSSR count). The van der Waals surface area contributed by atoms with Gasteiger partial charge in [0, 0.05) is 40.8 Å². The lowest BCUT2D eigenvalue weighted by atomic mass is 10.1. The minimum Gasteiger partial charge on any atom is -0.383 e. The molecule has 0 aromatic carbocycles. The van der Waals surface area contributed by atoms with Crippen LogP contribution in [0.25, 0.3) is 0 Å². The van der Waals surface area contributed by atoms with Gasteiger partial charge in [-0.1, -0.05) is 0 Å². The van der Waals surface area contributed by atoms with Crippen LogP contribution in [-0.2, 0) is 18.8 Å². The van der Waals surface area contributed by atoms with Gasteiger partial charge in [0.15, 0.2) is 5.56 Å². The molecule has 0 radical (unpaired) electrons. The van der Waals surface area contributed by atoms with Crippen LogP contribution < -0.4 is 16.6 Å². The fraction of sp³-hybridized carbons (Fsp3) is 0.667. The molecule has 1 aliphatic heterocycles. The van der Waals surface area contributed by atoms with Crippen LogP contribution in [0.2, 0.25) is 0 Å². The number of methoxy groups -OCH3 is 1. The van der Waals surface area contributed by atoms with Crippen LogP contribution in [0.15, 0.2) is 9.59 Å². The van der Waals surface area contributed by atoms with E-state index in [0.717, 1.165) is 30.6 Å². The molecule has 2 heterocycles. The standard InChI is InChI=1S/C15H23N5O3/c1-18-13(12(8-16)14(21)19(2)15(18)22)17-9-11-4-5-20(10-11)6-7-23-3/h11,17H,4-7,9-10H2,1-3H3. The summed E-state index contributed by atoms with van der Waals surface area (Å²) in [5.74, 6) is 0.716. The Morgan fingerprint density at radius 1 is 1.35 bits per heavy atom. The Hall–Kier alpha value is -2.11. The highest BCUT2D eigenvalue weighted by Crippen LogP contribution is 2.17. The van der Waals surface area contributed by atoms with Crippen molar-refractivity contribution in [2.75, 3.05) is 45.2 Å². The smallest absolute Gasteiger partial charge is 0.332 e. The average molecular weight is 321 g/mol. The molecular weight excluding hydrogens is 298 g/mol. The summed E-state index contributed by atoms with van der Waals surface area (Å²) >= 11 is 0. The van der Waals surface area contributed by atoms with Crippen molar-refractivity contribution in [3.8, 4) is 6.07 Å². The SMILES string of the molecule is COCCN1CCC(CNc2c(C#N)c(=O)n(C)c(=O)n2C)C1. The first-order chi connectivity index (χ1) is 11.0. The van der Waals surface area contributed by atoms with E-state index in [-0.39, 0.29) is 5.56 Å². The second-order valence-electron chi connectivity index (χ2n) is 5.87. The number of nitriles is 1. The van der Waals surface area contributed by atoms with Gasteiger partial charge in [-0.15, -0.1) is 0 Å². The van der Waals surface area contributed by atoms with Gasteiger partial charge >= 0.3 is 5.69 Å². The molecule has 1 aliphatic rings. The van der Waals surface area contributed by atoms with Crippen LogP contribution in [0.3, 0.4) is 0 Å². The summed E-state index contributed by atoms with van der Waals surface area (Å²) in [6.45, 7) is 4.19. The first kappa shape index (κ1) is 17.2. The van der Waals surface area contributed by atoms with E-state index in [9.17, 15) is 14.9 Å². The second-order valence-corrected chi connectivity index (χ2v) is 5.87. The molecule has 0 aliphatic carbocycles. The number of nitrogens with zero attached hydrogens (tertiary/aromatic N) is 4. The van der Waals surface area contributed by atoms with Crippen LogP contribution in [0.4, 0.5) is 5.82 Å². The Morgan fingerprint density at radius 2 is 2.09 bits per heavy atom. The van der Waals surface area contributed by atoms with Gasteiger partial charge in [-0.3, -0.25) is 13.9 Å². The topological polar surface area (TPSA) is 92.3 Å². The highest BCUT2D eigenvalue weighted by Gasteiger charge is 2.23. The zero-order valence-corrected chi connectivity index (χ0v) is 13.8. The van der Waals surface area contributed by atoms with E-state index in [1.807, 2.05) is 6.07 Å². The molecule has 1 fully saturated rings. The minimum atomic E-state index is -0.564. The van der Waals surface area contributed by atoms with Crippen molar-refractivity contribution in [3.05, 3.63) is 26.4 Å². The molecule has 1 unspecified atom stereocenters. The van der Waals surface area contributed by atoms with E-state index >= 15 is 0 Å². The summed E-state index contributed by atoms with van der Waals surface area (Å²) in [6, 6.07) is 1.90. The number of anilines is 1. The van der Waals surface area contributed by atoms with Gasteiger partial charge in [-0.2, -0.15) is 5.26 Å². The minimum absolute atomic E-state index is 0.0242. The second kappa shape index (κ2) is 7.44. The fourth-order valence-corrected chi connectivity index (χ4v) is 2.90. The van der Waals surface area contributed by atoms with Crippen molar-refractivity contribution < 1.29 is 4.74 Å². The third kappa shape index (κ3) is 3.63. The Balaban J connectivity index is 2.09. The molecule has 0 bridgehead atoms. The lowest BCUT2D eigenvalue weighted by Crippen LogP contribution is -2.40. The highest BCUT2D eigenvalue weighted by atomic mass is 16.5. The summed E-state index contributed by atoms with van der Waals surface area (Å²) in [5.41, 5.74) is -1.03. The molecule has 1 aromatic heterocycles. The molecular formula is C15H23N5O3. The third-order valence-corrected chi connectivity index (χ3v) is 4.32. The number of likely N-dealkylation sites (tertiary alicyclic amines) is 1. The maximum atomic E-state index is 12.0. The van der Waals surface area contributed by atoms with Crippen LogP contribution in [0, 0.1) is 17.2 Å². The Bertz CT molecular complexity index is 716. The van der Waals surface area contributed by atoms with Crippen molar-refractivity contribution in [1.29, 1.82) is 5.26 Å². The molecule has 8 heteroatoms. The average Bonchev–Trinajstić information content (AvgIpc) is 3.00. The lowest BCUT2D eigenvalue weighted by molar-refractivity contribution is 0.159. The number of hydrogen-bond donors (Lipinski definition) is 1. The number of rotatable bonds is 6. The van der Waals surface area contributed by atoms with Crippen LogP contribution in [0.1, 0.15) is 12.0 Å². The predicted molar refractivity (Wildman–Crippen MR) is 86.6 cm³/mol. The van der Waals surface area contributed by atoms with Crippen molar-refractivity contribution in [1.82, 2.24) is 14.0 Å². The fourth-order valence-electron chi connectivity index (χ4n) is 2.90. The monoisotopic (exact) mass is 321 g/mol. The molecule has 1 atom stereocenters. The van der Waals surface area contributed by atoms with Gasteiger partial charge in [-0.05, 0) is 18.9 Å². The Labute approximate surface area is 134 Å². The molecule has 0 amide bonds. The van der Waals surface area contributed by atoms with Gasteiger partial charge < -0.3 is 15.0 Å². The van der Waals surface area contributed by atoms with Crippen molar-refractivity contribution in [2.45, 2.75) is 6.42 Å². The van der Waals surface area contributed by atoms with Crippen LogP contribution >= 0.6 is 0 Å². The zero-order chi connectivity index (χ0) is 17.0. The summed E-state index contributed by atoms with van der Waals surface area (Å²) in [5, 5.41) is 12.4. The van der Waals surface area contributed by atoms with Gasteiger partial charge in [-0.25, -0.2) is 4.79 Å². The molecule has 126 valence electrons.